The Kier molecular flexibility index (Phi) is 7.75. The van der Waals surface area contributed by atoms with Crippen LogP contribution in [0.5, 0.6) is 0 Å². The molecule has 2 aromatic carbocycles. The fourth-order valence-corrected chi connectivity index (χ4v) is 4.99. The molecule has 13 heteroatoms. The van der Waals surface area contributed by atoms with Gasteiger partial charge in [0.25, 0.3) is 12.1 Å². The van der Waals surface area contributed by atoms with Crippen LogP contribution >= 0.6 is 35.0 Å². The summed E-state index contributed by atoms with van der Waals surface area (Å²) < 4.78 is 10.6. The van der Waals surface area contributed by atoms with Crippen LogP contribution in [-0.2, 0) is 14.3 Å². The van der Waals surface area contributed by atoms with E-state index in [2.05, 4.69) is 15.6 Å². The zero-order valence-electron chi connectivity index (χ0n) is 19.3. The fraction of sp³-hybridized carbons (Fsp3) is 0.208. The second kappa shape index (κ2) is 11.3. The number of carbonyl (C=O) groups excluding carboxylic acids is 2. The number of thioether (sulfide) groups is 1. The second-order valence-corrected chi connectivity index (χ2v) is 9.68. The fourth-order valence-electron chi connectivity index (χ4n) is 3.67. The number of nitrogens with zero attached hydrogens (tertiary/aromatic N) is 5. The molecule has 0 spiro atoms. The van der Waals surface area contributed by atoms with Gasteiger partial charge in [0.05, 0.1) is 42.5 Å². The molecule has 5 rings (SSSR count). The van der Waals surface area contributed by atoms with Gasteiger partial charge in [-0.15, -0.1) is 5.01 Å². The number of amides is 2. The number of benzene rings is 2. The maximum atomic E-state index is 13.3. The summed E-state index contributed by atoms with van der Waals surface area (Å²) in [4.78, 5) is 33.5. The predicted octanol–water partition coefficient (Wildman–Crippen LogP) is 3.35. The van der Waals surface area contributed by atoms with Crippen LogP contribution in [0.2, 0.25) is 10.0 Å². The minimum Gasteiger partial charge on any atom is -0.377 e. The van der Waals surface area contributed by atoms with E-state index in [9.17, 15) is 9.59 Å². The minimum absolute atomic E-state index is 0.0200. The summed E-state index contributed by atoms with van der Waals surface area (Å²) in [7, 11) is 0. The molecule has 0 aliphatic carbocycles. The number of anilines is 2. The van der Waals surface area contributed by atoms with Crippen LogP contribution in [0.25, 0.3) is 6.08 Å². The van der Waals surface area contributed by atoms with E-state index in [1.165, 1.54) is 4.90 Å². The van der Waals surface area contributed by atoms with Crippen molar-refractivity contribution in [3.63, 3.8) is 0 Å². The summed E-state index contributed by atoms with van der Waals surface area (Å²) in [5.41, 5.74) is 1.27. The van der Waals surface area contributed by atoms with E-state index in [1.807, 2.05) is 23.2 Å². The summed E-state index contributed by atoms with van der Waals surface area (Å²) >= 11 is 13.7. The maximum Gasteiger partial charge on any atom is 0.305 e. The lowest BCUT2D eigenvalue weighted by atomic mass is 10.2. The van der Waals surface area contributed by atoms with Gasteiger partial charge >= 0.3 is 5.88 Å². The highest BCUT2D eigenvalue weighted by molar-refractivity contribution is 8.14. The standard InChI is InChI=1S/C24H20Cl2N6O4S/c25-18-7-4-8-19(26)17(18)13-20-23(34)32(16-5-2-1-3-6-16)24(27-20)37-15-21(33)28-22-14-31(29-36-22)30-9-11-35-12-10-30/h1-8,13-14H,9-12,15H2/p+1/b20-13-. The third-order valence-corrected chi connectivity index (χ3v) is 7.05. The van der Waals surface area contributed by atoms with Gasteiger partial charge < -0.3 is 4.74 Å². The summed E-state index contributed by atoms with van der Waals surface area (Å²) in [6, 6.07) is 14.2. The summed E-state index contributed by atoms with van der Waals surface area (Å²) in [6.45, 7) is 2.52. The van der Waals surface area contributed by atoms with Gasteiger partial charge in [0, 0.05) is 15.6 Å². The molecule has 0 unspecified atom stereocenters. The first kappa shape index (κ1) is 25.3. The van der Waals surface area contributed by atoms with Crippen molar-refractivity contribution in [1.29, 1.82) is 0 Å². The Balaban J connectivity index is 1.32. The molecule has 2 aliphatic heterocycles. The van der Waals surface area contributed by atoms with Crippen molar-refractivity contribution in [1.82, 2.24) is 5.27 Å². The number of morpholine rings is 1. The molecule has 0 atom stereocenters. The van der Waals surface area contributed by atoms with Crippen molar-refractivity contribution in [3.8, 4) is 0 Å². The zero-order chi connectivity index (χ0) is 25.8. The van der Waals surface area contributed by atoms with E-state index >= 15 is 0 Å². The van der Waals surface area contributed by atoms with Crippen LogP contribution in [0.15, 0.2) is 69.9 Å². The minimum atomic E-state index is -0.355. The molecule has 2 aliphatic rings. The van der Waals surface area contributed by atoms with Crippen LogP contribution in [-0.4, -0.2) is 54.3 Å². The van der Waals surface area contributed by atoms with Crippen molar-refractivity contribution in [3.05, 3.63) is 76.0 Å². The molecule has 190 valence electrons. The number of hydrogen-bond donors (Lipinski definition) is 1. The first-order chi connectivity index (χ1) is 18.0. The van der Waals surface area contributed by atoms with Gasteiger partial charge in [-0.25, -0.2) is 4.99 Å². The average molecular weight is 560 g/mol. The quantitative estimate of drug-likeness (QED) is 0.364. The van der Waals surface area contributed by atoms with E-state index in [4.69, 9.17) is 32.5 Å². The lowest BCUT2D eigenvalue weighted by Gasteiger charge is -2.18. The second-order valence-electron chi connectivity index (χ2n) is 7.92. The average Bonchev–Trinajstić information content (AvgIpc) is 3.50. The monoisotopic (exact) mass is 559 g/mol. The van der Waals surface area contributed by atoms with E-state index in [0.717, 1.165) is 11.8 Å². The van der Waals surface area contributed by atoms with E-state index < -0.39 is 0 Å². The Morgan fingerprint density at radius 2 is 1.84 bits per heavy atom. The van der Waals surface area contributed by atoms with Gasteiger partial charge in [-0.2, -0.15) is 0 Å². The van der Waals surface area contributed by atoms with Crippen LogP contribution < -0.4 is 20.0 Å². The largest absolute Gasteiger partial charge is 0.377 e. The lowest BCUT2D eigenvalue weighted by molar-refractivity contribution is -0.759. The van der Waals surface area contributed by atoms with Crippen molar-refractivity contribution in [2.24, 2.45) is 4.99 Å². The number of aromatic nitrogens is 2. The van der Waals surface area contributed by atoms with Gasteiger partial charge in [0.2, 0.25) is 11.2 Å². The molecular formula is C24H21Cl2N6O4S+. The Morgan fingerprint density at radius 1 is 1.11 bits per heavy atom. The smallest absolute Gasteiger partial charge is 0.305 e. The predicted molar refractivity (Wildman–Crippen MR) is 142 cm³/mol. The van der Waals surface area contributed by atoms with Crippen molar-refractivity contribution < 1.29 is 23.6 Å². The topological polar surface area (TPSA) is 104 Å². The third kappa shape index (κ3) is 5.80. The van der Waals surface area contributed by atoms with Crippen LogP contribution in [0.3, 0.4) is 0 Å². The number of halogens is 2. The molecule has 1 fully saturated rings. The van der Waals surface area contributed by atoms with Crippen molar-refractivity contribution in [2.45, 2.75) is 0 Å². The van der Waals surface area contributed by atoms with Gasteiger partial charge in [0.1, 0.15) is 5.70 Å². The highest BCUT2D eigenvalue weighted by Crippen LogP contribution is 2.32. The number of rotatable bonds is 6. The Labute approximate surface area is 226 Å². The van der Waals surface area contributed by atoms with Crippen molar-refractivity contribution in [2.75, 3.05) is 47.3 Å². The Bertz CT molecular complexity index is 1350. The molecule has 1 N–H and O–H groups in total. The molecule has 1 saturated heterocycles. The van der Waals surface area contributed by atoms with Gasteiger partial charge in [-0.3, -0.25) is 24.3 Å². The molecule has 0 radical (unpaired) electrons. The molecule has 1 aromatic heterocycles. The number of ether oxygens (including phenoxy) is 1. The van der Waals surface area contributed by atoms with E-state index in [-0.39, 0.29) is 29.1 Å². The molecule has 10 nitrogen and oxygen atoms in total. The molecule has 0 bridgehead atoms. The number of amidine groups is 1. The highest BCUT2D eigenvalue weighted by Gasteiger charge is 2.33. The maximum absolute atomic E-state index is 13.3. The first-order valence-corrected chi connectivity index (χ1v) is 13.0. The van der Waals surface area contributed by atoms with E-state index in [0.29, 0.717) is 52.8 Å². The summed E-state index contributed by atoms with van der Waals surface area (Å²) in [5.74, 6) is -0.513. The number of aliphatic imine (C=N–C) groups is 1. The summed E-state index contributed by atoms with van der Waals surface area (Å²) in [6.07, 6.45) is 3.14. The van der Waals surface area contributed by atoms with Crippen LogP contribution in [0, 0.1) is 0 Å². The van der Waals surface area contributed by atoms with E-state index in [1.54, 1.807) is 47.4 Å². The first-order valence-electron chi connectivity index (χ1n) is 11.3. The molecule has 3 aromatic rings. The highest BCUT2D eigenvalue weighted by atomic mass is 35.5. The Morgan fingerprint density at radius 3 is 2.57 bits per heavy atom. The number of para-hydroxylation sites is 1. The molecule has 37 heavy (non-hydrogen) atoms. The zero-order valence-corrected chi connectivity index (χ0v) is 21.7. The summed E-state index contributed by atoms with van der Waals surface area (Å²) in [5, 5.41) is 9.71. The number of nitrogens with one attached hydrogen (secondary N) is 1. The Hall–Kier alpha value is -3.38. The number of carbonyl (C=O) groups is 2. The van der Waals surface area contributed by atoms with Crippen LogP contribution in [0.4, 0.5) is 11.6 Å². The molecule has 0 saturated carbocycles. The SMILES string of the molecule is O=C(CSC1=N/C(=C\c2c(Cl)cccc2Cl)C(=O)N1c1ccccc1)Nc1c[n+](N2CCOCC2)no1. The lowest BCUT2D eigenvalue weighted by Crippen LogP contribution is -2.62. The molecular weight excluding hydrogens is 539 g/mol. The van der Waals surface area contributed by atoms with Gasteiger partial charge in [-0.05, 0) is 30.3 Å². The van der Waals surface area contributed by atoms with Crippen LogP contribution in [0.1, 0.15) is 5.56 Å². The third-order valence-electron chi connectivity index (χ3n) is 5.45. The molecule has 2 amide bonds. The van der Waals surface area contributed by atoms with Gasteiger partial charge in [0.15, 0.2) is 5.17 Å². The van der Waals surface area contributed by atoms with Gasteiger partial charge in [-0.1, -0.05) is 59.2 Å². The van der Waals surface area contributed by atoms with Crippen molar-refractivity contribution >= 4 is 69.6 Å². The number of hydrogen-bond acceptors (Lipinski definition) is 8. The normalized spacial score (nSPS) is 16.9. The molecule has 3 heterocycles.